The van der Waals surface area contributed by atoms with Gasteiger partial charge in [0.15, 0.2) is 13.0 Å². The van der Waals surface area contributed by atoms with Crippen LogP contribution in [0.5, 0.6) is 0 Å². The van der Waals surface area contributed by atoms with Crippen LogP contribution in [0, 0.1) is 0 Å². The third-order valence-electron chi connectivity index (χ3n) is 5.21. The van der Waals surface area contributed by atoms with Crippen LogP contribution in [0.25, 0.3) is 5.76 Å². The molecule has 0 aliphatic carbocycles. The zero-order valence-corrected chi connectivity index (χ0v) is 19.4. The Labute approximate surface area is 193 Å². The number of carbonyl (C=O) groups is 1. The third-order valence-corrected chi connectivity index (χ3v) is 10.4. The molecule has 0 fully saturated rings. The molecule has 0 aliphatic rings. The van der Waals surface area contributed by atoms with Crippen molar-refractivity contribution >= 4 is 46.2 Å². The van der Waals surface area contributed by atoms with Gasteiger partial charge in [-0.2, -0.15) is 0 Å². The quantitative estimate of drug-likeness (QED) is 0.171. The molecule has 0 saturated carbocycles. The summed E-state index contributed by atoms with van der Waals surface area (Å²) < 4.78 is 5.57. The molecule has 0 atom stereocenters. The number of hydrogen-bond donors (Lipinski definition) is 1. The van der Waals surface area contributed by atoms with Crippen molar-refractivity contribution in [3.63, 3.8) is 0 Å². The fraction of sp³-hybridized carbons (Fsp3) is 0.0741. The second-order valence-electron chi connectivity index (χ2n) is 7.07. The zero-order valence-electron chi connectivity index (χ0n) is 17.7. The van der Waals surface area contributed by atoms with Gasteiger partial charge in [0.25, 0.3) is 0 Å². The highest BCUT2D eigenvalue weighted by Crippen LogP contribution is 2.64. The number of ether oxygens (including phenoxy) is 1. The average Bonchev–Trinajstić information content (AvgIpc) is 3.39. The molecule has 1 aromatic heterocycles. The standard InChI is InChI=1S/C27H23O3PS/c1-2-30-27(29)26(25(28)24-19-12-20-32-24)31(21-13-6-3-7-14-21,22-15-8-4-9-16-22)23-17-10-5-11-18-23/h3-20H,2H2,1H3/p+1. The van der Waals surface area contributed by atoms with E-state index in [4.69, 9.17) is 4.74 Å². The minimum atomic E-state index is -2.78. The van der Waals surface area contributed by atoms with Crippen molar-refractivity contribution in [3.8, 4) is 0 Å². The lowest BCUT2D eigenvalue weighted by atomic mass is 10.3. The maximum atomic E-state index is 13.6. The van der Waals surface area contributed by atoms with Crippen molar-refractivity contribution in [2.75, 3.05) is 6.61 Å². The van der Waals surface area contributed by atoms with Crippen LogP contribution in [-0.4, -0.2) is 17.7 Å². The Kier molecular flexibility index (Phi) is 6.84. The van der Waals surface area contributed by atoms with E-state index in [1.165, 1.54) is 11.3 Å². The first-order valence-electron chi connectivity index (χ1n) is 10.4. The fourth-order valence-corrected chi connectivity index (χ4v) is 8.97. The number of carbonyl (C=O) groups excluding carboxylic acids is 1. The topological polar surface area (TPSA) is 46.5 Å². The van der Waals surface area contributed by atoms with E-state index >= 15 is 0 Å². The summed E-state index contributed by atoms with van der Waals surface area (Å²) in [5.41, 5.74) is 0. The molecule has 0 aliphatic heterocycles. The van der Waals surface area contributed by atoms with Crippen molar-refractivity contribution in [2.24, 2.45) is 0 Å². The van der Waals surface area contributed by atoms with Crippen LogP contribution in [0.3, 0.4) is 0 Å². The predicted octanol–water partition coefficient (Wildman–Crippen LogP) is 5.53. The van der Waals surface area contributed by atoms with E-state index in [2.05, 4.69) is 0 Å². The molecule has 0 unspecified atom stereocenters. The molecule has 1 N–H and O–H groups in total. The molecule has 4 rings (SSSR count). The fourth-order valence-electron chi connectivity index (χ4n) is 3.91. The minimum Gasteiger partial charge on any atom is -0.503 e. The Morgan fingerprint density at radius 1 is 0.781 bits per heavy atom. The summed E-state index contributed by atoms with van der Waals surface area (Å²) in [6, 6.07) is 33.6. The van der Waals surface area contributed by atoms with Gasteiger partial charge < -0.3 is 9.84 Å². The van der Waals surface area contributed by atoms with Gasteiger partial charge in [0.05, 0.1) is 11.5 Å². The maximum absolute atomic E-state index is 13.6. The van der Waals surface area contributed by atoms with Crippen LogP contribution in [0.15, 0.2) is 114 Å². The van der Waals surface area contributed by atoms with Crippen molar-refractivity contribution < 1.29 is 14.6 Å². The van der Waals surface area contributed by atoms with Crippen LogP contribution < -0.4 is 15.9 Å². The molecule has 160 valence electrons. The van der Waals surface area contributed by atoms with E-state index in [0.29, 0.717) is 10.2 Å². The van der Waals surface area contributed by atoms with Gasteiger partial charge in [0.1, 0.15) is 15.9 Å². The Bertz CT molecular complexity index is 1090. The molecule has 5 heteroatoms. The molecule has 1 heterocycles. The van der Waals surface area contributed by atoms with Crippen molar-refractivity contribution in [1.82, 2.24) is 0 Å². The molecule has 3 aromatic carbocycles. The SMILES string of the molecule is CCOC(=O)C(=C(O)c1cccs1)[P+](c1ccccc1)(c1ccccc1)c1ccccc1. The third kappa shape index (κ3) is 4.00. The van der Waals surface area contributed by atoms with E-state index in [9.17, 15) is 9.90 Å². The lowest BCUT2D eigenvalue weighted by Crippen LogP contribution is -2.35. The van der Waals surface area contributed by atoms with Gasteiger partial charge in [-0.3, -0.25) is 0 Å². The largest absolute Gasteiger partial charge is 0.503 e. The second-order valence-corrected chi connectivity index (χ2v) is 11.4. The first kappa shape index (κ1) is 22.0. The first-order valence-corrected chi connectivity index (χ1v) is 13.1. The van der Waals surface area contributed by atoms with Gasteiger partial charge in [0, 0.05) is 0 Å². The highest BCUT2D eigenvalue weighted by Gasteiger charge is 2.55. The number of thiophene rings is 1. The lowest BCUT2D eigenvalue weighted by Gasteiger charge is -2.28. The lowest BCUT2D eigenvalue weighted by molar-refractivity contribution is -0.137. The number of esters is 1. The molecule has 0 amide bonds. The average molecular weight is 460 g/mol. The van der Waals surface area contributed by atoms with Gasteiger partial charge in [-0.1, -0.05) is 60.7 Å². The molecular formula is C27H24O3PS+. The number of hydrogen-bond acceptors (Lipinski definition) is 4. The summed E-state index contributed by atoms with van der Waals surface area (Å²) in [4.78, 5) is 14.3. The van der Waals surface area contributed by atoms with Gasteiger partial charge in [-0.25, -0.2) is 4.79 Å². The van der Waals surface area contributed by atoms with Gasteiger partial charge in [-0.15, -0.1) is 11.3 Å². The van der Waals surface area contributed by atoms with Crippen molar-refractivity contribution in [3.05, 3.63) is 119 Å². The highest BCUT2D eigenvalue weighted by atomic mass is 32.1. The summed E-state index contributed by atoms with van der Waals surface area (Å²) in [6.45, 7) is 2.00. The maximum Gasteiger partial charge on any atom is 0.378 e. The van der Waals surface area contributed by atoms with Gasteiger partial charge in [0.2, 0.25) is 5.31 Å². The highest BCUT2D eigenvalue weighted by molar-refractivity contribution is 8.00. The summed E-state index contributed by atoms with van der Waals surface area (Å²) in [5.74, 6) is -0.522. The van der Waals surface area contributed by atoms with E-state index < -0.39 is 13.2 Å². The Hall–Kier alpha value is -3.20. The number of rotatable bonds is 7. The smallest absolute Gasteiger partial charge is 0.378 e. The first-order chi connectivity index (χ1) is 15.7. The Morgan fingerprint density at radius 2 is 1.25 bits per heavy atom. The molecule has 3 nitrogen and oxygen atoms in total. The second kappa shape index (κ2) is 9.95. The molecule has 0 spiro atoms. The van der Waals surface area contributed by atoms with Crippen LogP contribution in [0.2, 0.25) is 0 Å². The van der Waals surface area contributed by atoms with Crippen LogP contribution >= 0.6 is 18.6 Å². The monoisotopic (exact) mass is 459 g/mol. The summed E-state index contributed by atoms with van der Waals surface area (Å²) >= 11 is 1.40. The number of benzene rings is 3. The summed E-state index contributed by atoms with van der Waals surface area (Å²) in [5, 5.41) is 16.7. The van der Waals surface area contributed by atoms with E-state index in [1.54, 1.807) is 6.92 Å². The molecular weight excluding hydrogens is 435 g/mol. The van der Waals surface area contributed by atoms with Crippen molar-refractivity contribution in [2.45, 2.75) is 6.92 Å². The zero-order chi connectivity index (χ0) is 22.4. The van der Waals surface area contributed by atoms with E-state index in [1.807, 2.05) is 109 Å². The van der Waals surface area contributed by atoms with E-state index in [-0.39, 0.29) is 12.4 Å². The molecule has 4 aromatic rings. The van der Waals surface area contributed by atoms with E-state index in [0.717, 1.165) is 15.9 Å². The molecule has 0 bridgehead atoms. The molecule has 32 heavy (non-hydrogen) atoms. The summed E-state index contributed by atoms with van der Waals surface area (Å²) in [7, 11) is -2.78. The van der Waals surface area contributed by atoms with Crippen LogP contribution in [-0.2, 0) is 9.53 Å². The Morgan fingerprint density at radius 3 is 1.62 bits per heavy atom. The number of aliphatic hydroxyl groups excluding tert-OH is 1. The van der Waals surface area contributed by atoms with Crippen LogP contribution in [0.4, 0.5) is 0 Å². The normalized spacial score (nSPS) is 12.2. The summed E-state index contributed by atoms with van der Waals surface area (Å²) in [6.07, 6.45) is 0. The minimum absolute atomic E-state index is 0.0247. The number of aliphatic hydroxyl groups is 1. The predicted molar refractivity (Wildman–Crippen MR) is 136 cm³/mol. The van der Waals surface area contributed by atoms with Crippen molar-refractivity contribution in [1.29, 1.82) is 0 Å². The Balaban J connectivity index is 2.19. The molecule has 0 radical (unpaired) electrons. The van der Waals surface area contributed by atoms with Crippen LogP contribution in [0.1, 0.15) is 11.8 Å². The van der Waals surface area contributed by atoms with Gasteiger partial charge >= 0.3 is 5.97 Å². The van der Waals surface area contributed by atoms with Gasteiger partial charge in [-0.05, 0) is 54.8 Å². The molecule has 0 saturated heterocycles.